The van der Waals surface area contributed by atoms with Gasteiger partial charge in [0.05, 0.1) is 11.4 Å². The molecule has 1 heterocycles. The van der Waals surface area contributed by atoms with Gasteiger partial charge in [-0.3, -0.25) is 5.32 Å². The number of amides is 1. The van der Waals surface area contributed by atoms with Gasteiger partial charge in [-0.25, -0.2) is 4.79 Å². The van der Waals surface area contributed by atoms with Crippen molar-refractivity contribution in [3.05, 3.63) is 82.8 Å². The molecule has 0 aliphatic carbocycles. The number of aryl methyl sites for hydroxylation is 1. The number of nitrogens with zero attached hydrogens (tertiary/aromatic N) is 1. The number of anilines is 3. The van der Waals surface area contributed by atoms with E-state index in [4.69, 9.17) is 4.74 Å². The first-order valence-corrected chi connectivity index (χ1v) is 9.69. The molecule has 1 N–H and O–H groups in total. The Morgan fingerprint density at radius 2 is 1.74 bits per heavy atom. The van der Waals surface area contributed by atoms with Crippen molar-refractivity contribution in [2.75, 3.05) is 16.8 Å². The van der Waals surface area contributed by atoms with Crippen LogP contribution in [-0.2, 0) is 6.42 Å². The minimum absolute atomic E-state index is 0.498. The van der Waals surface area contributed by atoms with E-state index in [2.05, 4.69) is 44.3 Å². The second-order valence-electron chi connectivity index (χ2n) is 6.37. The summed E-state index contributed by atoms with van der Waals surface area (Å²) < 4.78 is 6.46. The molecule has 0 spiro atoms. The number of para-hydroxylation sites is 3. The largest absolute Gasteiger partial charge is 0.417 e. The monoisotopic (exact) mass is 422 g/mol. The first-order valence-electron chi connectivity index (χ1n) is 8.89. The normalized spacial score (nSPS) is 13.0. The molecule has 5 heteroatoms. The van der Waals surface area contributed by atoms with Gasteiger partial charge in [0.2, 0.25) is 0 Å². The van der Waals surface area contributed by atoms with Crippen molar-refractivity contribution in [2.45, 2.75) is 12.8 Å². The first-order chi connectivity index (χ1) is 13.2. The predicted octanol–water partition coefficient (Wildman–Crippen LogP) is 6.14. The minimum atomic E-state index is -0.498. The summed E-state index contributed by atoms with van der Waals surface area (Å²) in [5.74, 6) is 0.514. The van der Waals surface area contributed by atoms with Crippen molar-refractivity contribution < 1.29 is 9.53 Å². The Kier molecular flexibility index (Phi) is 5.12. The van der Waals surface area contributed by atoms with Crippen molar-refractivity contribution in [3.8, 4) is 5.75 Å². The number of carbonyl (C=O) groups excluding carboxylic acids is 1. The summed E-state index contributed by atoms with van der Waals surface area (Å²) in [7, 11) is 0. The van der Waals surface area contributed by atoms with Crippen LogP contribution in [0.4, 0.5) is 21.9 Å². The van der Waals surface area contributed by atoms with Crippen LogP contribution in [0.5, 0.6) is 5.75 Å². The number of hydrogen-bond donors (Lipinski definition) is 1. The Morgan fingerprint density at radius 1 is 0.963 bits per heavy atom. The molecule has 0 bridgehead atoms. The fraction of sp³-hybridized carbons (Fsp3) is 0.136. The SMILES string of the molecule is O=C(Nc1ccccc1N1CCCc2cc(Br)ccc21)Oc1ccccc1. The van der Waals surface area contributed by atoms with E-state index in [0.717, 1.165) is 35.2 Å². The highest BCUT2D eigenvalue weighted by atomic mass is 79.9. The van der Waals surface area contributed by atoms with Gasteiger partial charge in [-0.2, -0.15) is 0 Å². The standard InChI is InChI=1S/C22H19BrN2O2/c23-17-12-13-20-16(15-17)7-6-14-25(20)21-11-5-4-10-19(21)24-22(26)27-18-8-2-1-3-9-18/h1-5,8-13,15H,6-7,14H2,(H,24,26). The summed E-state index contributed by atoms with van der Waals surface area (Å²) in [4.78, 5) is 14.6. The van der Waals surface area contributed by atoms with Crippen LogP contribution < -0.4 is 15.0 Å². The second kappa shape index (κ2) is 7.84. The number of hydrogen-bond acceptors (Lipinski definition) is 3. The Labute approximate surface area is 166 Å². The maximum Gasteiger partial charge on any atom is 0.417 e. The van der Waals surface area contributed by atoms with Crippen molar-refractivity contribution in [3.63, 3.8) is 0 Å². The lowest BCUT2D eigenvalue weighted by molar-refractivity contribution is 0.215. The average Bonchev–Trinajstić information content (AvgIpc) is 2.68. The number of nitrogens with one attached hydrogen (secondary N) is 1. The number of halogens is 1. The summed E-state index contributed by atoms with van der Waals surface area (Å²) in [6.07, 6.45) is 1.62. The smallest absolute Gasteiger partial charge is 0.410 e. The van der Waals surface area contributed by atoms with Crippen LogP contribution in [0.1, 0.15) is 12.0 Å². The molecule has 0 fully saturated rings. The number of fused-ring (bicyclic) bond motifs is 1. The van der Waals surface area contributed by atoms with E-state index in [1.54, 1.807) is 12.1 Å². The fourth-order valence-electron chi connectivity index (χ4n) is 3.36. The topological polar surface area (TPSA) is 41.6 Å². The van der Waals surface area contributed by atoms with Gasteiger partial charge in [-0.05, 0) is 60.9 Å². The Bertz CT molecular complexity index is 960. The molecule has 1 aliphatic heterocycles. The van der Waals surface area contributed by atoms with Crippen LogP contribution in [0.25, 0.3) is 0 Å². The zero-order valence-electron chi connectivity index (χ0n) is 14.7. The molecular formula is C22H19BrN2O2. The van der Waals surface area contributed by atoms with E-state index < -0.39 is 6.09 Å². The van der Waals surface area contributed by atoms with Crippen molar-refractivity contribution >= 4 is 39.1 Å². The van der Waals surface area contributed by atoms with E-state index in [0.29, 0.717) is 5.75 Å². The highest BCUT2D eigenvalue weighted by Crippen LogP contribution is 2.38. The van der Waals surface area contributed by atoms with Gasteiger partial charge >= 0.3 is 6.09 Å². The lowest BCUT2D eigenvalue weighted by Crippen LogP contribution is -2.26. The van der Waals surface area contributed by atoms with Gasteiger partial charge in [-0.15, -0.1) is 0 Å². The quantitative estimate of drug-likeness (QED) is 0.550. The van der Waals surface area contributed by atoms with Gasteiger partial charge < -0.3 is 9.64 Å². The van der Waals surface area contributed by atoms with Gasteiger partial charge in [0, 0.05) is 16.7 Å². The maximum absolute atomic E-state index is 12.3. The summed E-state index contributed by atoms with van der Waals surface area (Å²) in [6.45, 7) is 0.904. The molecule has 4 nitrogen and oxygen atoms in total. The lowest BCUT2D eigenvalue weighted by Gasteiger charge is -2.32. The zero-order chi connectivity index (χ0) is 18.6. The molecular weight excluding hydrogens is 404 g/mol. The summed E-state index contributed by atoms with van der Waals surface area (Å²) >= 11 is 3.55. The number of ether oxygens (including phenoxy) is 1. The van der Waals surface area contributed by atoms with Crippen molar-refractivity contribution in [1.82, 2.24) is 0 Å². The van der Waals surface area contributed by atoms with Crippen molar-refractivity contribution in [1.29, 1.82) is 0 Å². The van der Waals surface area contributed by atoms with E-state index in [9.17, 15) is 4.79 Å². The van der Waals surface area contributed by atoms with E-state index in [1.165, 1.54) is 11.3 Å². The predicted molar refractivity (Wildman–Crippen MR) is 112 cm³/mol. The van der Waals surface area contributed by atoms with Gasteiger partial charge in [0.25, 0.3) is 0 Å². The van der Waals surface area contributed by atoms with Crippen LogP contribution in [-0.4, -0.2) is 12.6 Å². The maximum atomic E-state index is 12.3. The highest BCUT2D eigenvalue weighted by molar-refractivity contribution is 9.10. The van der Waals surface area contributed by atoms with Crippen LogP contribution in [0.2, 0.25) is 0 Å². The molecule has 27 heavy (non-hydrogen) atoms. The number of benzene rings is 3. The molecule has 1 amide bonds. The molecule has 4 rings (SSSR count). The molecule has 0 saturated carbocycles. The molecule has 136 valence electrons. The molecule has 0 radical (unpaired) electrons. The van der Waals surface area contributed by atoms with Gasteiger partial charge in [0.1, 0.15) is 5.75 Å². The number of rotatable bonds is 3. The lowest BCUT2D eigenvalue weighted by atomic mass is 10.0. The molecule has 1 aliphatic rings. The van der Waals surface area contributed by atoms with Crippen molar-refractivity contribution in [2.24, 2.45) is 0 Å². The van der Waals surface area contributed by atoms with Crippen LogP contribution in [0.3, 0.4) is 0 Å². The van der Waals surface area contributed by atoms with Crippen LogP contribution in [0, 0.1) is 0 Å². The summed E-state index contributed by atoms with van der Waals surface area (Å²) in [5, 5.41) is 2.89. The Morgan fingerprint density at radius 3 is 2.59 bits per heavy atom. The number of carbonyl (C=O) groups is 1. The third-order valence-corrected chi connectivity index (χ3v) is 5.04. The van der Waals surface area contributed by atoms with E-state index >= 15 is 0 Å². The second-order valence-corrected chi connectivity index (χ2v) is 7.29. The minimum Gasteiger partial charge on any atom is -0.410 e. The molecule has 3 aromatic rings. The summed E-state index contributed by atoms with van der Waals surface area (Å²) in [5.41, 5.74) is 4.17. The average molecular weight is 423 g/mol. The van der Waals surface area contributed by atoms with Gasteiger partial charge in [-0.1, -0.05) is 46.3 Å². The first kappa shape index (κ1) is 17.6. The van der Waals surface area contributed by atoms with Crippen LogP contribution in [0.15, 0.2) is 77.3 Å². The third-order valence-electron chi connectivity index (χ3n) is 4.55. The third kappa shape index (κ3) is 3.98. The fourth-order valence-corrected chi connectivity index (χ4v) is 3.77. The molecule has 3 aromatic carbocycles. The molecule has 0 aromatic heterocycles. The van der Waals surface area contributed by atoms with E-state index in [-0.39, 0.29) is 0 Å². The molecule has 0 atom stereocenters. The highest BCUT2D eigenvalue weighted by Gasteiger charge is 2.21. The summed E-state index contributed by atoms with van der Waals surface area (Å²) in [6, 6.07) is 23.2. The molecule has 0 saturated heterocycles. The zero-order valence-corrected chi connectivity index (χ0v) is 16.3. The Balaban J connectivity index is 1.60. The molecule has 0 unspecified atom stereocenters. The van der Waals surface area contributed by atoms with Gasteiger partial charge in [0.15, 0.2) is 0 Å². The Hall–Kier alpha value is -2.79. The van der Waals surface area contributed by atoms with E-state index in [1.807, 2.05) is 42.5 Å². The van der Waals surface area contributed by atoms with Crippen LogP contribution >= 0.6 is 15.9 Å².